The normalized spacial score (nSPS) is 11.2. The molecule has 0 aromatic heterocycles. The molecule has 0 spiro atoms. The molecule has 1 rings (SSSR count). The van der Waals surface area contributed by atoms with Crippen LogP contribution in [0.4, 0.5) is 5.69 Å². The molecule has 26 heavy (non-hydrogen) atoms. The summed E-state index contributed by atoms with van der Waals surface area (Å²) in [4.78, 5) is 25.6. The van der Waals surface area contributed by atoms with Gasteiger partial charge in [0.2, 0.25) is 11.8 Å². The number of rotatable bonds is 9. The van der Waals surface area contributed by atoms with Crippen molar-refractivity contribution in [2.24, 2.45) is 11.7 Å². The van der Waals surface area contributed by atoms with Gasteiger partial charge >= 0.3 is 0 Å². The second kappa shape index (κ2) is 13.6. The minimum atomic E-state index is -0.614. The van der Waals surface area contributed by atoms with Crippen molar-refractivity contribution in [3.8, 4) is 5.75 Å². The molecule has 0 aliphatic carbocycles. The summed E-state index contributed by atoms with van der Waals surface area (Å²) in [5, 5.41) is 5.24. The number of carbonyl (C=O) groups is 2. The van der Waals surface area contributed by atoms with Gasteiger partial charge in [0.1, 0.15) is 12.4 Å². The van der Waals surface area contributed by atoms with Crippen molar-refractivity contribution in [1.29, 1.82) is 0 Å². The van der Waals surface area contributed by atoms with Gasteiger partial charge in [-0.1, -0.05) is 13.8 Å². The highest BCUT2D eigenvalue weighted by molar-refractivity contribution is 5.95. The molecule has 1 aromatic rings. The highest BCUT2D eigenvalue weighted by Crippen LogP contribution is 2.15. The topological polar surface area (TPSA) is 96.7 Å². The lowest BCUT2D eigenvalue weighted by atomic mass is 10.1. The molecule has 0 aliphatic rings. The second-order valence-electron chi connectivity index (χ2n) is 6.21. The number of amides is 2. The van der Waals surface area contributed by atoms with Crippen molar-refractivity contribution in [2.45, 2.75) is 19.9 Å². The first-order valence-corrected chi connectivity index (χ1v) is 8.00. The molecule has 0 unspecified atom stereocenters. The van der Waals surface area contributed by atoms with E-state index in [1.807, 2.05) is 32.8 Å². The molecule has 0 aliphatic heterocycles. The van der Waals surface area contributed by atoms with Crippen LogP contribution in [0, 0.1) is 5.92 Å². The van der Waals surface area contributed by atoms with E-state index in [4.69, 9.17) is 10.5 Å². The summed E-state index contributed by atoms with van der Waals surface area (Å²) in [7, 11) is 3.96. The fourth-order valence-corrected chi connectivity index (χ4v) is 1.77. The fourth-order valence-electron chi connectivity index (χ4n) is 1.77. The van der Waals surface area contributed by atoms with Crippen LogP contribution in [0.25, 0.3) is 0 Å². The summed E-state index contributed by atoms with van der Waals surface area (Å²) in [6.07, 6.45) is 0. The minimum Gasteiger partial charge on any atom is -0.492 e. The number of likely N-dealkylation sites (N-methyl/N-ethyl adjacent to an activating group) is 1. The number of nitrogens with one attached hydrogen (secondary N) is 2. The number of halogens is 2. The Morgan fingerprint density at radius 3 is 2.23 bits per heavy atom. The van der Waals surface area contributed by atoms with Gasteiger partial charge in [-0.2, -0.15) is 0 Å². The van der Waals surface area contributed by atoms with E-state index in [-0.39, 0.29) is 49.1 Å². The predicted molar refractivity (Wildman–Crippen MR) is 109 cm³/mol. The van der Waals surface area contributed by atoms with Crippen molar-refractivity contribution >= 4 is 42.3 Å². The first-order chi connectivity index (χ1) is 11.3. The number of benzene rings is 1. The van der Waals surface area contributed by atoms with Crippen molar-refractivity contribution in [3.63, 3.8) is 0 Å². The van der Waals surface area contributed by atoms with Crippen LogP contribution < -0.4 is 21.1 Å². The second-order valence-corrected chi connectivity index (χ2v) is 6.21. The molecule has 0 bridgehead atoms. The Morgan fingerprint density at radius 2 is 1.73 bits per heavy atom. The molecule has 4 N–H and O–H groups in total. The van der Waals surface area contributed by atoms with Crippen LogP contribution in [0.3, 0.4) is 0 Å². The lowest BCUT2D eigenvalue weighted by Gasteiger charge is -2.15. The van der Waals surface area contributed by atoms with Gasteiger partial charge in [-0.3, -0.25) is 9.59 Å². The van der Waals surface area contributed by atoms with E-state index in [0.717, 1.165) is 12.3 Å². The zero-order chi connectivity index (χ0) is 18.1. The van der Waals surface area contributed by atoms with E-state index in [9.17, 15) is 9.59 Å². The summed E-state index contributed by atoms with van der Waals surface area (Å²) >= 11 is 0. The Kier molecular flexibility index (Phi) is 14.0. The molecular formula is C17H30Cl2N4O3. The molecule has 0 saturated carbocycles. The first kappa shape index (κ1) is 26.7. The summed E-state index contributed by atoms with van der Waals surface area (Å²) in [6.45, 7) is 5.02. The molecule has 1 atom stereocenters. The maximum absolute atomic E-state index is 11.8. The standard InChI is InChI=1S/C17H28N4O3.2ClH/c1-12(2)16(18)17(23)19-11-15(22)20-13-5-7-14(8-6-13)24-10-9-21(3)4;;/h5-8,12,16H,9-11,18H2,1-4H3,(H,19,23)(H,20,22);2*1H/t16-;;/m0../s1. The van der Waals surface area contributed by atoms with Crippen molar-refractivity contribution in [2.75, 3.05) is 39.1 Å². The lowest BCUT2D eigenvalue weighted by molar-refractivity contribution is -0.125. The third kappa shape index (κ3) is 10.5. The van der Waals surface area contributed by atoms with Crippen LogP contribution in [-0.4, -0.2) is 56.5 Å². The summed E-state index contributed by atoms with van der Waals surface area (Å²) < 4.78 is 5.58. The zero-order valence-electron chi connectivity index (χ0n) is 15.7. The average molecular weight is 409 g/mol. The zero-order valence-corrected chi connectivity index (χ0v) is 17.3. The van der Waals surface area contributed by atoms with E-state index in [1.54, 1.807) is 24.3 Å². The Morgan fingerprint density at radius 1 is 1.15 bits per heavy atom. The fraction of sp³-hybridized carbons (Fsp3) is 0.529. The van der Waals surface area contributed by atoms with Crippen molar-refractivity contribution < 1.29 is 14.3 Å². The number of hydrogen-bond donors (Lipinski definition) is 3. The summed E-state index contributed by atoms with van der Waals surface area (Å²) in [6, 6.07) is 6.48. The molecule has 1 aromatic carbocycles. The van der Waals surface area contributed by atoms with Gasteiger partial charge in [-0.25, -0.2) is 0 Å². The van der Waals surface area contributed by atoms with E-state index in [1.165, 1.54) is 0 Å². The third-order valence-corrected chi connectivity index (χ3v) is 3.39. The van der Waals surface area contributed by atoms with Crippen LogP contribution in [0.15, 0.2) is 24.3 Å². The highest BCUT2D eigenvalue weighted by Gasteiger charge is 2.17. The van der Waals surface area contributed by atoms with E-state index in [2.05, 4.69) is 10.6 Å². The molecule has 0 heterocycles. The molecule has 0 radical (unpaired) electrons. The van der Waals surface area contributed by atoms with Gasteiger partial charge in [0.25, 0.3) is 0 Å². The Balaban J connectivity index is 0. The first-order valence-electron chi connectivity index (χ1n) is 8.00. The largest absolute Gasteiger partial charge is 0.492 e. The Labute approximate surface area is 167 Å². The molecular weight excluding hydrogens is 379 g/mol. The van der Waals surface area contributed by atoms with Gasteiger partial charge in [0.15, 0.2) is 0 Å². The average Bonchev–Trinajstić information content (AvgIpc) is 2.53. The van der Waals surface area contributed by atoms with Gasteiger partial charge in [0, 0.05) is 12.2 Å². The number of nitrogens with two attached hydrogens (primary N) is 1. The van der Waals surface area contributed by atoms with Crippen LogP contribution in [0.5, 0.6) is 5.75 Å². The maximum Gasteiger partial charge on any atom is 0.243 e. The van der Waals surface area contributed by atoms with Crippen molar-refractivity contribution in [3.05, 3.63) is 24.3 Å². The van der Waals surface area contributed by atoms with E-state index in [0.29, 0.717) is 12.3 Å². The predicted octanol–water partition coefficient (Wildman–Crippen LogP) is 1.51. The number of ether oxygens (including phenoxy) is 1. The van der Waals surface area contributed by atoms with Crippen LogP contribution in [0.1, 0.15) is 13.8 Å². The van der Waals surface area contributed by atoms with Crippen LogP contribution >= 0.6 is 24.8 Å². The lowest BCUT2D eigenvalue weighted by Crippen LogP contribution is -2.46. The summed E-state index contributed by atoms with van der Waals surface area (Å²) in [5.41, 5.74) is 6.35. The molecule has 150 valence electrons. The van der Waals surface area contributed by atoms with E-state index < -0.39 is 6.04 Å². The van der Waals surface area contributed by atoms with Gasteiger partial charge in [-0.05, 0) is 44.3 Å². The molecule has 7 nitrogen and oxygen atoms in total. The van der Waals surface area contributed by atoms with Crippen molar-refractivity contribution in [1.82, 2.24) is 10.2 Å². The van der Waals surface area contributed by atoms with Gasteiger partial charge < -0.3 is 26.0 Å². The molecule has 0 fully saturated rings. The third-order valence-electron chi connectivity index (χ3n) is 3.39. The number of anilines is 1. The maximum atomic E-state index is 11.8. The number of nitrogens with zero attached hydrogens (tertiary/aromatic N) is 1. The monoisotopic (exact) mass is 408 g/mol. The molecule has 0 saturated heterocycles. The smallest absolute Gasteiger partial charge is 0.243 e. The Bertz CT molecular complexity index is 539. The van der Waals surface area contributed by atoms with Crippen LogP contribution in [-0.2, 0) is 9.59 Å². The highest BCUT2D eigenvalue weighted by atomic mass is 35.5. The van der Waals surface area contributed by atoms with E-state index >= 15 is 0 Å². The summed E-state index contributed by atoms with van der Waals surface area (Å²) in [5.74, 6) is 0.129. The minimum absolute atomic E-state index is 0. The van der Waals surface area contributed by atoms with Gasteiger partial charge in [0.05, 0.1) is 12.6 Å². The Hall–Kier alpha value is -1.54. The molecule has 9 heteroatoms. The quantitative estimate of drug-likeness (QED) is 0.575. The van der Waals surface area contributed by atoms with Gasteiger partial charge in [-0.15, -0.1) is 24.8 Å². The van der Waals surface area contributed by atoms with Crippen LogP contribution in [0.2, 0.25) is 0 Å². The number of hydrogen-bond acceptors (Lipinski definition) is 5. The SMILES string of the molecule is CC(C)[C@H](N)C(=O)NCC(=O)Nc1ccc(OCCN(C)C)cc1.Cl.Cl. The number of carbonyl (C=O) groups excluding carboxylic acids is 2. The molecule has 2 amide bonds.